The Hall–Kier alpha value is -0.300. The van der Waals surface area contributed by atoms with E-state index in [1.165, 1.54) is 44.9 Å². The van der Waals surface area contributed by atoms with Crippen molar-refractivity contribution in [3.05, 3.63) is 12.2 Å². The Kier molecular flexibility index (Phi) is 11.4. The summed E-state index contributed by atoms with van der Waals surface area (Å²) >= 11 is 0. The summed E-state index contributed by atoms with van der Waals surface area (Å²) in [6.07, 6.45) is 15.3. The molecule has 1 radical (unpaired) electrons. The minimum Gasteiger partial charge on any atom is -0.392 e. The van der Waals surface area contributed by atoms with Crippen LogP contribution in [0, 0.1) is 6.08 Å². The molecule has 0 aromatic heterocycles. The molecule has 0 spiro atoms. The van der Waals surface area contributed by atoms with Crippen LogP contribution in [0.2, 0.25) is 0 Å². The molecule has 0 bridgehead atoms. The van der Waals surface area contributed by atoms with E-state index >= 15 is 0 Å². The normalized spacial score (nSPS) is 11.2. The number of hydrogen-bond acceptors (Lipinski definition) is 1. The number of unbranched alkanes of at least 4 members (excludes halogenated alkanes) is 7. The average Bonchev–Trinajstić information content (AvgIpc) is 2.16. The molecule has 1 heteroatoms. The maximum atomic E-state index is 8.42. The monoisotopic (exact) mass is 183 g/mol. The molecule has 0 unspecified atom stereocenters. The summed E-state index contributed by atoms with van der Waals surface area (Å²) in [4.78, 5) is 0. The molecular formula is C12H23O. The van der Waals surface area contributed by atoms with Crippen LogP contribution in [0.25, 0.3) is 0 Å². The lowest BCUT2D eigenvalue weighted by atomic mass is 10.1. The van der Waals surface area contributed by atoms with Crippen LogP contribution in [-0.2, 0) is 0 Å². The van der Waals surface area contributed by atoms with Crippen LogP contribution in [0.5, 0.6) is 0 Å². The quantitative estimate of drug-likeness (QED) is 0.543. The van der Waals surface area contributed by atoms with Crippen molar-refractivity contribution >= 4 is 0 Å². The zero-order chi connectivity index (χ0) is 9.78. The lowest BCUT2D eigenvalue weighted by Crippen LogP contribution is -1.79. The van der Waals surface area contributed by atoms with E-state index in [1.807, 2.05) is 6.08 Å². The van der Waals surface area contributed by atoms with E-state index < -0.39 is 0 Å². The first-order valence-electron chi connectivity index (χ1n) is 5.57. The highest BCUT2D eigenvalue weighted by Crippen LogP contribution is 2.08. The fraction of sp³-hybridized carbons (Fsp3) is 0.833. The van der Waals surface area contributed by atoms with E-state index in [0.29, 0.717) is 0 Å². The third-order valence-corrected chi connectivity index (χ3v) is 2.19. The summed E-state index contributed by atoms with van der Waals surface area (Å²) in [6.45, 7) is 2.31. The molecule has 13 heavy (non-hydrogen) atoms. The van der Waals surface area contributed by atoms with Crippen molar-refractivity contribution in [1.29, 1.82) is 0 Å². The summed E-state index contributed by atoms with van der Waals surface area (Å²) in [5, 5.41) is 8.42. The predicted octanol–water partition coefficient (Wildman–Crippen LogP) is 3.48. The molecule has 0 aliphatic heterocycles. The standard InChI is InChI=1S/C12H23O/c1-2-3-4-5-6-7-8-9-10-11-12-13/h10,13H,2-9,12H2,1H3. The summed E-state index contributed by atoms with van der Waals surface area (Å²) < 4.78 is 0. The van der Waals surface area contributed by atoms with Crippen molar-refractivity contribution < 1.29 is 5.11 Å². The molecule has 0 amide bonds. The molecule has 0 saturated heterocycles. The molecule has 0 aliphatic carbocycles. The van der Waals surface area contributed by atoms with Crippen LogP contribution in [0.3, 0.4) is 0 Å². The van der Waals surface area contributed by atoms with Crippen molar-refractivity contribution in [2.45, 2.75) is 58.3 Å². The molecular weight excluding hydrogens is 160 g/mol. The summed E-state index contributed by atoms with van der Waals surface area (Å²) in [6, 6.07) is 0. The number of allylic oxidation sites excluding steroid dienone is 1. The van der Waals surface area contributed by atoms with E-state index in [0.717, 1.165) is 6.42 Å². The molecule has 1 nitrogen and oxygen atoms in total. The average molecular weight is 183 g/mol. The summed E-state index contributed by atoms with van der Waals surface area (Å²) in [5.74, 6) is 0. The number of aliphatic hydroxyl groups excluding tert-OH is 1. The lowest BCUT2D eigenvalue weighted by molar-refractivity contribution is 0.336. The van der Waals surface area contributed by atoms with Gasteiger partial charge in [0.25, 0.3) is 0 Å². The molecule has 0 fully saturated rings. The zero-order valence-corrected chi connectivity index (χ0v) is 8.89. The van der Waals surface area contributed by atoms with E-state index in [-0.39, 0.29) is 6.61 Å². The van der Waals surface area contributed by atoms with Gasteiger partial charge in [-0.15, -0.1) is 0 Å². The number of hydrogen-bond donors (Lipinski definition) is 1. The molecule has 0 aromatic rings. The molecule has 0 rings (SSSR count). The minimum absolute atomic E-state index is 0.0660. The molecule has 0 heterocycles. The van der Waals surface area contributed by atoms with Gasteiger partial charge in [0.05, 0.1) is 6.61 Å². The topological polar surface area (TPSA) is 20.2 Å². The maximum Gasteiger partial charge on any atom is 0.0682 e. The van der Waals surface area contributed by atoms with Crippen molar-refractivity contribution in [1.82, 2.24) is 0 Å². The van der Waals surface area contributed by atoms with Crippen LogP contribution in [0.1, 0.15) is 58.3 Å². The Morgan fingerprint density at radius 3 is 2.23 bits per heavy atom. The van der Waals surface area contributed by atoms with Gasteiger partial charge in [-0.25, -0.2) is 0 Å². The van der Waals surface area contributed by atoms with E-state index in [9.17, 15) is 0 Å². The largest absolute Gasteiger partial charge is 0.392 e. The Labute approximate surface area is 82.9 Å². The predicted molar refractivity (Wildman–Crippen MR) is 57.5 cm³/mol. The first kappa shape index (κ1) is 12.7. The molecule has 0 saturated carbocycles. The van der Waals surface area contributed by atoms with Gasteiger partial charge >= 0.3 is 0 Å². The first-order valence-corrected chi connectivity index (χ1v) is 5.57. The Morgan fingerprint density at radius 1 is 1.00 bits per heavy atom. The second-order valence-corrected chi connectivity index (χ2v) is 3.48. The molecule has 0 atom stereocenters. The minimum atomic E-state index is 0.0660. The highest BCUT2D eigenvalue weighted by Gasteiger charge is 1.88. The summed E-state index contributed by atoms with van der Waals surface area (Å²) in [7, 11) is 0. The third-order valence-electron chi connectivity index (χ3n) is 2.19. The Balaban J connectivity index is 2.87. The van der Waals surface area contributed by atoms with Crippen molar-refractivity contribution in [3.63, 3.8) is 0 Å². The summed E-state index contributed by atoms with van der Waals surface area (Å²) in [5.41, 5.74) is 0. The van der Waals surface area contributed by atoms with Crippen LogP contribution in [0.15, 0.2) is 6.08 Å². The van der Waals surface area contributed by atoms with Crippen molar-refractivity contribution in [2.24, 2.45) is 0 Å². The van der Waals surface area contributed by atoms with E-state index in [2.05, 4.69) is 13.0 Å². The maximum absolute atomic E-state index is 8.42. The third kappa shape index (κ3) is 11.7. The molecule has 0 aromatic carbocycles. The van der Waals surface area contributed by atoms with Gasteiger partial charge in [0.1, 0.15) is 0 Å². The van der Waals surface area contributed by atoms with E-state index in [4.69, 9.17) is 5.11 Å². The second kappa shape index (κ2) is 11.7. The highest BCUT2D eigenvalue weighted by atomic mass is 16.2. The van der Waals surface area contributed by atoms with Gasteiger partial charge in [-0.1, -0.05) is 51.5 Å². The Morgan fingerprint density at radius 2 is 1.62 bits per heavy atom. The van der Waals surface area contributed by atoms with Crippen LogP contribution >= 0.6 is 0 Å². The fourth-order valence-electron chi connectivity index (χ4n) is 1.37. The fourth-order valence-corrected chi connectivity index (χ4v) is 1.37. The van der Waals surface area contributed by atoms with Crippen molar-refractivity contribution in [2.75, 3.05) is 6.61 Å². The highest BCUT2D eigenvalue weighted by molar-refractivity contribution is 4.72. The van der Waals surface area contributed by atoms with Gasteiger partial charge < -0.3 is 5.11 Å². The number of aliphatic hydroxyl groups is 1. The van der Waals surface area contributed by atoms with Gasteiger partial charge in [0.15, 0.2) is 0 Å². The van der Waals surface area contributed by atoms with Gasteiger partial charge in [-0.3, -0.25) is 0 Å². The van der Waals surface area contributed by atoms with Gasteiger partial charge in [0.2, 0.25) is 0 Å². The molecule has 0 aliphatic rings. The van der Waals surface area contributed by atoms with Gasteiger partial charge in [0, 0.05) is 0 Å². The SMILES string of the molecule is CCCCCCCCC/C=[C]\CO. The van der Waals surface area contributed by atoms with Crippen LogP contribution in [0.4, 0.5) is 0 Å². The second-order valence-electron chi connectivity index (χ2n) is 3.48. The van der Waals surface area contributed by atoms with Crippen molar-refractivity contribution in [3.8, 4) is 0 Å². The smallest absolute Gasteiger partial charge is 0.0682 e. The molecule has 1 N–H and O–H groups in total. The Bertz CT molecular complexity index is 108. The lowest BCUT2D eigenvalue weighted by Gasteiger charge is -1.98. The molecule has 77 valence electrons. The van der Waals surface area contributed by atoms with Gasteiger partial charge in [-0.05, 0) is 18.9 Å². The van der Waals surface area contributed by atoms with Gasteiger partial charge in [-0.2, -0.15) is 0 Å². The van der Waals surface area contributed by atoms with E-state index in [1.54, 1.807) is 0 Å². The van der Waals surface area contributed by atoms with Crippen LogP contribution in [-0.4, -0.2) is 11.7 Å². The zero-order valence-electron chi connectivity index (χ0n) is 8.89. The number of rotatable bonds is 9. The first-order chi connectivity index (χ1) is 6.41. The van der Waals surface area contributed by atoms with Crippen LogP contribution < -0.4 is 0 Å².